The van der Waals surface area contributed by atoms with Gasteiger partial charge in [0.1, 0.15) is 0 Å². The fraction of sp³-hybridized carbons (Fsp3) is 0.538. The van der Waals surface area contributed by atoms with E-state index in [2.05, 4.69) is 12.2 Å². The molecule has 1 aliphatic carbocycles. The van der Waals surface area contributed by atoms with E-state index in [4.69, 9.17) is 23.2 Å². The number of fused-ring (bicyclic) bond motifs is 1. The van der Waals surface area contributed by atoms with Crippen LogP contribution in [0.2, 0.25) is 10.0 Å². The van der Waals surface area contributed by atoms with Gasteiger partial charge in [0.25, 0.3) is 0 Å². The summed E-state index contributed by atoms with van der Waals surface area (Å²) in [6.07, 6.45) is 3.35. The molecule has 0 spiro atoms. The Morgan fingerprint density at radius 3 is 2.62 bits per heavy atom. The first kappa shape index (κ1) is 12.2. The lowest BCUT2D eigenvalue weighted by molar-refractivity contribution is 0.428. The summed E-state index contributed by atoms with van der Waals surface area (Å²) < 4.78 is 0. The summed E-state index contributed by atoms with van der Waals surface area (Å²) in [5.74, 6) is 0.706. The van der Waals surface area contributed by atoms with E-state index in [0.29, 0.717) is 12.0 Å². The molecule has 16 heavy (non-hydrogen) atoms. The van der Waals surface area contributed by atoms with Crippen molar-refractivity contribution in [1.82, 2.24) is 5.32 Å². The number of benzene rings is 1. The van der Waals surface area contributed by atoms with Crippen molar-refractivity contribution >= 4 is 23.2 Å². The molecule has 1 aromatic rings. The molecule has 0 fully saturated rings. The van der Waals surface area contributed by atoms with Crippen LogP contribution in [-0.4, -0.2) is 7.05 Å². The maximum absolute atomic E-state index is 6.31. The van der Waals surface area contributed by atoms with Crippen LogP contribution >= 0.6 is 23.2 Å². The number of hydrogen-bond acceptors (Lipinski definition) is 1. The van der Waals surface area contributed by atoms with Crippen molar-refractivity contribution in [2.24, 2.45) is 5.92 Å². The Bertz CT molecular complexity index is 390. The Morgan fingerprint density at radius 1 is 1.25 bits per heavy atom. The summed E-state index contributed by atoms with van der Waals surface area (Å²) in [4.78, 5) is 0. The minimum absolute atomic E-state index is 0.332. The van der Waals surface area contributed by atoms with Gasteiger partial charge in [0.15, 0.2) is 0 Å². The smallest absolute Gasteiger partial charge is 0.0457 e. The molecule has 0 amide bonds. The third kappa shape index (κ3) is 2.22. The zero-order chi connectivity index (χ0) is 11.7. The van der Waals surface area contributed by atoms with Crippen LogP contribution in [0.15, 0.2) is 12.1 Å². The molecular weight excluding hydrogens is 241 g/mol. The van der Waals surface area contributed by atoms with Crippen LogP contribution in [0, 0.1) is 5.92 Å². The van der Waals surface area contributed by atoms with Crippen molar-refractivity contribution in [3.63, 3.8) is 0 Å². The van der Waals surface area contributed by atoms with Crippen molar-refractivity contribution in [3.8, 4) is 0 Å². The third-order valence-electron chi connectivity index (χ3n) is 3.47. The predicted molar refractivity (Wildman–Crippen MR) is 70.4 cm³/mol. The molecule has 1 aliphatic rings. The largest absolute Gasteiger partial charge is 0.313 e. The first-order chi connectivity index (χ1) is 7.63. The highest BCUT2D eigenvalue weighted by atomic mass is 35.5. The highest BCUT2D eigenvalue weighted by Gasteiger charge is 2.24. The van der Waals surface area contributed by atoms with Gasteiger partial charge in [-0.25, -0.2) is 0 Å². The van der Waals surface area contributed by atoms with Crippen LogP contribution < -0.4 is 5.32 Å². The van der Waals surface area contributed by atoms with Crippen LogP contribution in [0.4, 0.5) is 0 Å². The van der Waals surface area contributed by atoms with Crippen molar-refractivity contribution in [2.45, 2.75) is 32.2 Å². The number of halogens is 2. The molecule has 3 heteroatoms. The normalized spacial score (nSPS) is 25.0. The lowest BCUT2D eigenvalue weighted by Gasteiger charge is -2.20. The van der Waals surface area contributed by atoms with Crippen LogP contribution in [0.25, 0.3) is 0 Å². The highest BCUT2D eigenvalue weighted by Crippen LogP contribution is 2.38. The number of rotatable bonds is 1. The molecule has 0 aliphatic heterocycles. The zero-order valence-corrected chi connectivity index (χ0v) is 11.2. The average molecular weight is 258 g/mol. The van der Waals surface area contributed by atoms with Gasteiger partial charge >= 0.3 is 0 Å². The Balaban J connectivity index is 2.52. The van der Waals surface area contributed by atoms with Crippen LogP contribution in [0.1, 0.15) is 36.9 Å². The predicted octanol–water partition coefficient (Wildman–Crippen LogP) is 4.23. The number of hydrogen-bond donors (Lipinski definition) is 1. The molecule has 2 atom stereocenters. The lowest BCUT2D eigenvalue weighted by Crippen LogP contribution is -2.18. The summed E-state index contributed by atoms with van der Waals surface area (Å²) >= 11 is 12.6. The molecular formula is C13H17Cl2N. The van der Waals surface area contributed by atoms with Crippen molar-refractivity contribution in [3.05, 3.63) is 33.3 Å². The molecule has 0 saturated carbocycles. The van der Waals surface area contributed by atoms with E-state index >= 15 is 0 Å². The molecule has 0 heterocycles. The second kappa shape index (κ2) is 4.95. The topological polar surface area (TPSA) is 12.0 Å². The summed E-state index contributed by atoms with van der Waals surface area (Å²) in [6, 6.07) is 4.15. The zero-order valence-electron chi connectivity index (χ0n) is 9.69. The van der Waals surface area contributed by atoms with Gasteiger partial charge in [-0.15, -0.1) is 0 Å². The maximum atomic E-state index is 6.31. The van der Waals surface area contributed by atoms with Crippen LogP contribution in [-0.2, 0) is 6.42 Å². The standard InChI is InChI=1S/C13H17Cl2N/c1-8-3-4-9-10(14)5-6-11(15)13(9)12(7-8)16-2/h5-6,8,12,16H,3-4,7H2,1-2H3. The van der Waals surface area contributed by atoms with Crippen molar-refractivity contribution in [1.29, 1.82) is 0 Å². The molecule has 2 unspecified atom stereocenters. The van der Waals surface area contributed by atoms with Gasteiger partial charge in [0.2, 0.25) is 0 Å². The Kier molecular flexibility index (Phi) is 3.78. The minimum atomic E-state index is 0.332. The van der Waals surface area contributed by atoms with Gasteiger partial charge in [-0.1, -0.05) is 30.1 Å². The second-order valence-electron chi connectivity index (χ2n) is 4.64. The highest BCUT2D eigenvalue weighted by molar-refractivity contribution is 6.34. The molecule has 0 bridgehead atoms. The van der Waals surface area contributed by atoms with E-state index < -0.39 is 0 Å². The van der Waals surface area contributed by atoms with Crippen LogP contribution in [0.5, 0.6) is 0 Å². The monoisotopic (exact) mass is 257 g/mol. The van der Waals surface area contributed by atoms with Crippen LogP contribution in [0.3, 0.4) is 0 Å². The molecule has 1 N–H and O–H groups in total. The Morgan fingerprint density at radius 2 is 1.94 bits per heavy atom. The van der Waals surface area contributed by atoms with Crippen molar-refractivity contribution < 1.29 is 0 Å². The summed E-state index contributed by atoms with van der Waals surface area (Å²) in [7, 11) is 1.99. The maximum Gasteiger partial charge on any atom is 0.0457 e. The van der Waals surface area contributed by atoms with Gasteiger partial charge in [0.05, 0.1) is 0 Å². The van der Waals surface area contributed by atoms with E-state index in [9.17, 15) is 0 Å². The molecule has 0 aromatic heterocycles. The van der Waals surface area contributed by atoms with Gasteiger partial charge in [-0.3, -0.25) is 0 Å². The Hall–Kier alpha value is -0.240. The molecule has 88 valence electrons. The van der Waals surface area contributed by atoms with Gasteiger partial charge in [0, 0.05) is 16.1 Å². The number of nitrogens with one attached hydrogen (secondary N) is 1. The Labute approximate surface area is 107 Å². The quantitative estimate of drug-likeness (QED) is 0.743. The van der Waals surface area contributed by atoms with E-state index in [-0.39, 0.29) is 0 Å². The van der Waals surface area contributed by atoms with E-state index in [0.717, 1.165) is 22.9 Å². The van der Waals surface area contributed by atoms with E-state index in [1.54, 1.807) is 0 Å². The molecule has 2 rings (SSSR count). The van der Waals surface area contributed by atoms with Gasteiger partial charge < -0.3 is 5.32 Å². The first-order valence-corrected chi connectivity index (χ1v) is 6.53. The third-order valence-corrected chi connectivity index (χ3v) is 4.15. The second-order valence-corrected chi connectivity index (χ2v) is 5.46. The first-order valence-electron chi connectivity index (χ1n) is 5.77. The SMILES string of the molecule is CNC1CC(C)CCc2c(Cl)ccc(Cl)c21. The summed E-state index contributed by atoms with van der Waals surface area (Å²) in [5, 5.41) is 5.05. The molecule has 0 saturated heterocycles. The minimum Gasteiger partial charge on any atom is -0.313 e. The van der Waals surface area contributed by atoms with Gasteiger partial charge in [-0.2, -0.15) is 0 Å². The van der Waals surface area contributed by atoms with Crippen molar-refractivity contribution in [2.75, 3.05) is 7.05 Å². The fourth-order valence-corrected chi connectivity index (χ4v) is 3.10. The molecule has 1 aromatic carbocycles. The molecule has 0 radical (unpaired) electrons. The van der Waals surface area contributed by atoms with E-state index in [1.165, 1.54) is 17.5 Å². The fourth-order valence-electron chi connectivity index (χ4n) is 2.53. The van der Waals surface area contributed by atoms with Gasteiger partial charge in [-0.05, 0) is 55.5 Å². The average Bonchev–Trinajstić information content (AvgIpc) is 2.44. The summed E-state index contributed by atoms with van der Waals surface area (Å²) in [5.41, 5.74) is 2.44. The summed E-state index contributed by atoms with van der Waals surface area (Å²) in [6.45, 7) is 2.29. The van der Waals surface area contributed by atoms with E-state index in [1.807, 2.05) is 19.2 Å². The lowest BCUT2D eigenvalue weighted by atomic mass is 9.97. The molecule has 1 nitrogen and oxygen atoms in total.